The first-order valence-electron chi connectivity index (χ1n) is 7.47. The van der Waals surface area contributed by atoms with E-state index in [-0.39, 0.29) is 5.91 Å². The molecule has 0 spiro atoms. The van der Waals surface area contributed by atoms with E-state index in [1.807, 2.05) is 30.3 Å². The van der Waals surface area contributed by atoms with E-state index in [1.165, 1.54) is 17.8 Å². The van der Waals surface area contributed by atoms with E-state index < -0.39 is 6.17 Å². The number of halogens is 1. The van der Waals surface area contributed by atoms with Crippen molar-refractivity contribution in [1.82, 2.24) is 5.32 Å². The molecule has 0 radical (unpaired) electrons. The first-order valence-corrected chi connectivity index (χ1v) is 8.46. The molecule has 5 nitrogen and oxygen atoms in total. The number of carbonyl (C=O) groups is 1. The third-order valence-electron chi connectivity index (χ3n) is 3.37. The van der Waals surface area contributed by atoms with Gasteiger partial charge >= 0.3 is 0 Å². The van der Waals surface area contributed by atoms with Crippen molar-refractivity contribution >= 4 is 29.1 Å². The van der Waals surface area contributed by atoms with Gasteiger partial charge in [-0.05, 0) is 17.7 Å². The van der Waals surface area contributed by atoms with Crippen LogP contribution in [0.25, 0.3) is 0 Å². The van der Waals surface area contributed by atoms with Crippen molar-refractivity contribution in [3.8, 4) is 5.75 Å². The number of hydrogen-bond donors (Lipinski definition) is 1. The van der Waals surface area contributed by atoms with Gasteiger partial charge in [-0.25, -0.2) is 4.39 Å². The highest BCUT2D eigenvalue weighted by Gasteiger charge is 2.16. The molecule has 1 aliphatic heterocycles. The molecule has 24 heavy (non-hydrogen) atoms. The molecule has 2 aliphatic rings. The van der Waals surface area contributed by atoms with E-state index in [0.717, 1.165) is 11.1 Å². The molecule has 1 aromatic rings. The molecular weight excluding hydrogens is 329 g/mol. The van der Waals surface area contributed by atoms with Gasteiger partial charge in [-0.15, -0.1) is 5.10 Å². The summed E-state index contributed by atoms with van der Waals surface area (Å²) < 4.78 is 18.8. The van der Waals surface area contributed by atoms with E-state index in [0.29, 0.717) is 29.7 Å². The Morgan fingerprint density at radius 1 is 1.42 bits per heavy atom. The maximum atomic E-state index is 13.0. The molecule has 1 unspecified atom stereocenters. The lowest BCUT2D eigenvalue weighted by Crippen LogP contribution is -2.19. The number of nitrogens with zero attached hydrogens (tertiary/aromatic N) is 2. The van der Waals surface area contributed by atoms with Crippen molar-refractivity contribution in [2.24, 2.45) is 10.2 Å². The van der Waals surface area contributed by atoms with Gasteiger partial charge in [-0.3, -0.25) is 4.79 Å². The Balaban J connectivity index is 1.63. The van der Waals surface area contributed by atoms with Crippen molar-refractivity contribution in [3.05, 3.63) is 53.6 Å². The molecule has 0 bridgehead atoms. The maximum absolute atomic E-state index is 13.0. The van der Waals surface area contributed by atoms with Crippen LogP contribution in [0.3, 0.4) is 0 Å². The summed E-state index contributed by atoms with van der Waals surface area (Å²) in [6, 6.07) is 7.45. The molecule has 3 rings (SSSR count). The first kappa shape index (κ1) is 16.4. The highest BCUT2D eigenvalue weighted by Crippen LogP contribution is 2.19. The van der Waals surface area contributed by atoms with Gasteiger partial charge in [0.25, 0.3) is 0 Å². The molecule has 1 heterocycles. The Morgan fingerprint density at radius 2 is 2.29 bits per heavy atom. The summed E-state index contributed by atoms with van der Waals surface area (Å²) in [6.45, 7) is 0.370. The van der Waals surface area contributed by atoms with Gasteiger partial charge in [-0.2, -0.15) is 5.10 Å². The normalized spacial score (nSPS) is 22.0. The molecule has 0 saturated carbocycles. The third kappa shape index (κ3) is 4.55. The van der Waals surface area contributed by atoms with Crippen LogP contribution < -0.4 is 10.1 Å². The fraction of sp³-hybridized carbons (Fsp3) is 0.235. The Morgan fingerprint density at radius 3 is 3.04 bits per heavy atom. The zero-order valence-electron chi connectivity index (χ0n) is 12.8. The van der Waals surface area contributed by atoms with Crippen LogP contribution in [0.4, 0.5) is 4.39 Å². The number of alkyl halides is 1. The van der Waals surface area contributed by atoms with Crippen molar-refractivity contribution in [3.63, 3.8) is 0 Å². The molecule has 1 saturated heterocycles. The highest BCUT2D eigenvalue weighted by atomic mass is 32.2. The number of rotatable bonds is 5. The van der Waals surface area contributed by atoms with Gasteiger partial charge < -0.3 is 10.1 Å². The Labute approximate surface area is 143 Å². The Bertz CT molecular complexity index is 743. The summed E-state index contributed by atoms with van der Waals surface area (Å²) >= 11 is 1.32. The fourth-order valence-corrected chi connectivity index (χ4v) is 2.78. The lowest BCUT2D eigenvalue weighted by Gasteiger charge is -2.12. The predicted octanol–water partition coefficient (Wildman–Crippen LogP) is 2.84. The molecule has 1 amide bonds. The molecule has 1 N–H and O–H groups in total. The van der Waals surface area contributed by atoms with E-state index in [1.54, 1.807) is 12.3 Å². The largest absolute Gasteiger partial charge is 0.488 e. The van der Waals surface area contributed by atoms with Crippen molar-refractivity contribution in [2.75, 3.05) is 12.4 Å². The quantitative estimate of drug-likeness (QED) is 0.659. The predicted molar refractivity (Wildman–Crippen MR) is 94.3 cm³/mol. The number of amides is 1. The van der Waals surface area contributed by atoms with Crippen molar-refractivity contribution in [2.45, 2.75) is 12.6 Å². The SMILES string of the molecule is O=C1CSC(=NN=Cc2ccccc2OCC2=CCC(F)C=C2)N1. The smallest absolute Gasteiger partial charge is 0.236 e. The van der Waals surface area contributed by atoms with Crippen molar-refractivity contribution in [1.29, 1.82) is 0 Å². The molecule has 1 fully saturated rings. The van der Waals surface area contributed by atoms with Crippen molar-refractivity contribution < 1.29 is 13.9 Å². The van der Waals surface area contributed by atoms with Crippen LogP contribution in [-0.4, -0.2) is 35.8 Å². The van der Waals surface area contributed by atoms with Crippen LogP contribution in [0.1, 0.15) is 12.0 Å². The van der Waals surface area contributed by atoms with Gasteiger partial charge in [0.1, 0.15) is 18.5 Å². The maximum Gasteiger partial charge on any atom is 0.236 e. The Kier molecular flexibility index (Phi) is 5.43. The minimum atomic E-state index is -0.902. The second-order valence-corrected chi connectivity index (χ2v) is 6.17. The lowest BCUT2D eigenvalue weighted by atomic mass is 10.1. The van der Waals surface area contributed by atoms with Crippen LogP contribution >= 0.6 is 11.8 Å². The molecule has 1 atom stereocenters. The topological polar surface area (TPSA) is 63.0 Å². The molecular formula is C17H16FN3O2S. The monoisotopic (exact) mass is 345 g/mol. The summed E-state index contributed by atoms with van der Waals surface area (Å²) in [7, 11) is 0. The number of para-hydroxylation sites is 1. The highest BCUT2D eigenvalue weighted by molar-refractivity contribution is 8.15. The number of carbonyl (C=O) groups excluding carboxylic acids is 1. The summed E-state index contributed by atoms with van der Waals surface area (Å²) in [5, 5.41) is 11.1. The van der Waals surface area contributed by atoms with Gasteiger partial charge in [0.2, 0.25) is 5.91 Å². The Hall–Kier alpha value is -2.41. The molecule has 7 heteroatoms. The third-order valence-corrected chi connectivity index (χ3v) is 4.23. The van der Waals surface area contributed by atoms with Crippen LogP contribution in [-0.2, 0) is 4.79 Å². The van der Waals surface area contributed by atoms with Gasteiger partial charge in [0, 0.05) is 12.0 Å². The number of allylic oxidation sites excluding steroid dienone is 2. The van der Waals surface area contributed by atoms with E-state index in [9.17, 15) is 9.18 Å². The number of hydrogen-bond acceptors (Lipinski definition) is 5. The summed E-state index contributed by atoms with van der Waals surface area (Å²) in [6.07, 6.45) is 6.19. The number of thioether (sulfide) groups is 1. The summed E-state index contributed by atoms with van der Waals surface area (Å²) in [4.78, 5) is 11.1. The number of benzene rings is 1. The summed E-state index contributed by atoms with van der Waals surface area (Å²) in [5.41, 5.74) is 1.72. The van der Waals surface area contributed by atoms with Crippen LogP contribution in [0.2, 0.25) is 0 Å². The second-order valence-electron chi connectivity index (χ2n) is 5.20. The molecule has 1 aliphatic carbocycles. The zero-order chi connectivity index (χ0) is 16.8. The summed E-state index contributed by atoms with van der Waals surface area (Å²) in [5.74, 6) is 0.972. The minimum absolute atomic E-state index is 0.0676. The standard InChI is InChI=1S/C17H16FN3O2S/c18-14-7-5-12(6-8-14)10-23-15-4-2-1-3-13(15)9-19-21-17-20-16(22)11-24-17/h1-7,9,14H,8,10-11H2,(H,20,21,22). The molecule has 1 aromatic carbocycles. The van der Waals surface area contributed by atoms with E-state index in [2.05, 4.69) is 15.5 Å². The van der Waals surface area contributed by atoms with Crippen LogP contribution in [0, 0.1) is 0 Å². The zero-order valence-corrected chi connectivity index (χ0v) is 13.6. The van der Waals surface area contributed by atoms with Gasteiger partial charge in [-0.1, -0.05) is 42.1 Å². The second kappa shape index (κ2) is 7.92. The number of ether oxygens (including phenoxy) is 1. The number of nitrogens with one attached hydrogen (secondary N) is 1. The van der Waals surface area contributed by atoms with Crippen LogP contribution in [0.15, 0.2) is 58.3 Å². The number of amidine groups is 1. The van der Waals surface area contributed by atoms with Crippen LogP contribution in [0.5, 0.6) is 5.75 Å². The molecule has 0 aromatic heterocycles. The van der Waals surface area contributed by atoms with Gasteiger partial charge in [0.05, 0.1) is 12.0 Å². The van der Waals surface area contributed by atoms with E-state index >= 15 is 0 Å². The van der Waals surface area contributed by atoms with E-state index in [4.69, 9.17) is 4.74 Å². The fourth-order valence-electron chi connectivity index (χ4n) is 2.15. The average Bonchev–Trinajstić information content (AvgIpc) is 3.01. The first-order chi connectivity index (χ1) is 11.7. The lowest BCUT2D eigenvalue weighted by molar-refractivity contribution is -0.116. The average molecular weight is 345 g/mol. The van der Waals surface area contributed by atoms with Gasteiger partial charge in [0.15, 0.2) is 5.17 Å². The minimum Gasteiger partial charge on any atom is -0.488 e. The molecule has 124 valence electrons.